The minimum absolute atomic E-state index is 0.0410. The maximum absolute atomic E-state index is 13.6. The molecule has 1 amide bonds. The van der Waals surface area contributed by atoms with E-state index < -0.39 is 21.4 Å². The zero-order chi connectivity index (χ0) is 30.7. The monoisotopic (exact) mass is 590 g/mol. The number of nitrogens with two attached hydrogens (primary N) is 1. The Morgan fingerprint density at radius 3 is 2.26 bits per heavy atom. The smallest absolute Gasteiger partial charge is 0.259 e. The van der Waals surface area contributed by atoms with Crippen LogP contribution in [0.2, 0.25) is 0 Å². The molecule has 0 bridgehead atoms. The van der Waals surface area contributed by atoms with Gasteiger partial charge in [0.05, 0.1) is 17.8 Å². The second-order valence-electron chi connectivity index (χ2n) is 12.0. The Bertz CT molecular complexity index is 1580. The molecule has 9 heteroatoms. The van der Waals surface area contributed by atoms with Crippen LogP contribution in [-0.4, -0.2) is 38.2 Å². The predicted molar refractivity (Wildman–Crippen MR) is 166 cm³/mol. The van der Waals surface area contributed by atoms with Gasteiger partial charge in [-0.25, -0.2) is 14.0 Å². The Morgan fingerprint density at radius 1 is 1.12 bits per heavy atom. The van der Waals surface area contributed by atoms with E-state index in [1.807, 2.05) is 30.3 Å². The zero-order valence-corrected chi connectivity index (χ0v) is 26.2. The van der Waals surface area contributed by atoms with Crippen molar-refractivity contribution in [2.24, 2.45) is 15.4 Å². The van der Waals surface area contributed by atoms with E-state index in [0.29, 0.717) is 17.3 Å². The average molecular weight is 591 g/mol. The summed E-state index contributed by atoms with van der Waals surface area (Å²) in [6, 6.07) is 14.7. The molecule has 4 rings (SSSR count). The molecule has 0 spiro atoms. The first kappa shape index (κ1) is 31.6. The number of carbonyl (C=O) groups is 1. The van der Waals surface area contributed by atoms with Gasteiger partial charge in [-0.1, -0.05) is 57.7 Å². The third kappa shape index (κ3) is 7.56. The highest BCUT2D eigenvalue weighted by atomic mass is 32.2. The second-order valence-corrected chi connectivity index (χ2v) is 13.7. The normalized spacial score (nSPS) is 15.8. The van der Waals surface area contributed by atoms with Crippen LogP contribution in [0, 0.1) is 17.8 Å². The molecule has 1 atom stereocenters. The highest BCUT2D eigenvalue weighted by molar-refractivity contribution is 7.91. The van der Waals surface area contributed by atoms with Crippen LogP contribution in [-0.2, 0) is 31.5 Å². The Morgan fingerprint density at radius 2 is 1.71 bits per heavy atom. The standard InChI is InChI=1S/C33H42N4O4S/c1-22(2)27-18-25(13-12-24-14-16-41-17-15-24)19-28(23(3)4)29(27)20-31(38)36-42(34,40)32-21-30(33(5,6)39)37(35-32)26-10-8-7-9-11-26/h7-11,18-19,21-24,39H,14-17,20H2,1-6H3,(H2,34,36,38,40)/t42-/m1/s1. The van der Waals surface area contributed by atoms with Crippen LogP contribution >= 0.6 is 0 Å². The van der Waals surface area contributed by atoms with Gasteiger partial charge in [-0.3, -0.25) is 4.79 Å². The summed E-state index contributed by atoms with van der Waals surface area (Å²) >= 11 is 0. The molecule has 1 fully saturated rings. The molecule has 2 heterocycles. The predicted octanol–water partition coefficient (Wildman–Crippen LogP) is 5.59. The lowest BCUT2D eigenvalue weighted by molar-refractivity contribution is -0.117. The number of rotatable bonds is 7. The molecule has 0 aliphatic carbocycles. The first-order chi connectivity index (χ1) is 19.8. The first-order valence-electron chi connectivity index (χ1n) is 14.5. The number of hydrogen-bond donors (Lipinski definition) is 2. The molecule has 8 nitrogen and oxygen atoms in total. The number of aromatic nitrogens is 2. The van der Waals surface area contributed by atoms with Gasteiger partial charge in [0.25, 0.3) is 5.91 Å². The summed E-state index contributed by atoms with van der Waals surface area (Å²) in [5.41, 5.74) is 3.55. The molecule has 3 aromatic rings. The summed E-state index contributed by atoms with van der Waals surface area (Å²) in [6.07, 6.45) is 1.84. The van der Waals surface area contributed by atoms with Gasteiger partial charge in [-0.05, 0) is 79.5 Å². The van der Waals surface area contributed by atoms with Crippen LogP contribution in [0.1, 0.15) is 94.2 Å². The minimum Gasteiger partial charge on any atom is -0.384 e. The van der Waals surface area contributed by atoms with Crippen molar-refractivity contribution in [3.63, 3.8) is 0 Å². The number of nitrogens with zero attached hydrogens (tertiary/aromatic N) is 3. The van der Waals surface area contributed by atoms with Crippen molar-refractivity contribution in [2.45, 2.75) is 83.3 Å². The summed E-state index contributed by atoms with van der Waals surface area (Å²) in [7, 11) is -3.70. The largest absolute Gasteiger partial charge is 0.384 e. The van der Waals surface area contributed by atoms with Gasteiger partial charge < -0.3 is 9.84 Å². The maximum atomic E-state index is 13.6. The minimum atomic E-state index is -3.70. The fourth-order valence-corrected chi connectivity index (χ4v) is 6.08. The number of para-hydroxylation sites is 1. The number of benzene rings is 2. The SMILES string of the molecule is CC(C)c1cc(C#CC2CCOCC2)cc(C(C)C)c1CC(=O)N=[S@@](N)(=O)c1cc(C(C)(C)O)n(-c2ccccc2)n1. The highest BCUT2D eigenvalue weighted by Crippen LogP contribution is 2.31. The Hall–Kier alpha value is -3.29. The van der Waals surface area contributed by atoms with E-state index in [9.17, 15) is 14.1 Å². The van der Waals surface area contributed by atoms with Crippen molar-refractivity contribution < 1.29 is 18.8 Å². The highest BCUT2D eigenvalue weighted by Gasteiger charge is 2.27. The van der Waals surface area contributed by atoms with E-state index in [4.69, 9.17) is 9.88 Å². The van der Waals surface area contributed by atoms with Gasteiger partial charge in [0.1, 0.15) is 5.60 Å². The number of amides is 1. The van der Waals surface area contributed by atoms with Crippen LogP contribution in [0.5, 0.6) is 0 Å². The van der Waals surface area contributed by atoms with Crippen molar-refractivity contribution >= 4 is 15.8 Å². The van der Waals surface area contributed by atoms with Gasteiger partial charge in [0.15, 0.2) is 14.9 Å². The van der Waals surface area contributed by atoms with Gasteiger partial charge >= 0.3 is 0 Å². The summed E-state index contributed by atoms with van der Waals surface area (Å²) in [4.78, 5) is 13.4. The molecule has 42 heavy (non-hydrogen) atoms. The van der Waals surface area contributed by atoms with Crippen LogP contribution in [0.25, 0.3) is 5.69 Å². The first-order valence-corrected chi connectivity index (χ1v) is 16.1. The summed E-state index contributed by atoms with van der Waals surface area (Å²) in [5, 5.41) is 21.3. The Kier molecular flexibility index (Phi) is 9.74. The molecule has 1 aliphatic rings. The Labute approximate surface area is 250 Å². The van der Waals surface area contributed by atoms with Crippen LogP contribution in [0.3, 0.4) is 0 Å². The van der Waals surface area contributed by atoms with Crippen LogP contribution < -0.4 is 5.14 Å². The summed E-state index contributed by atoms with van der Waals surface area (Å²) in [6.45, 7) is 13.0. The van der Waals surface area contributed by atoms with E-state index in [-0.39, 0.29) is 23.3 Å². The van der Waals surface area contributed by atoms with Crippen molar-refractivity contribution in [1.82, 2.24) is 9.78 Å². The average Bonchev–Trinajstić information content (AvgIpc) is 3.40. The topological polar surface area (TPSA) is 120 Å². The molecule has 0 radical (unpaired) electrons. The lowest BCUT2D eigenvalue weighted by Crippen LogP contribution is -2.20. The fourth-order valence-electron chi connectivity index (χ4n) is 5.14. The summed E-state index contributed by atoms with van der Waals surface area (Å²) in [5.74, 6) is 6.78. The van der Waals surface area contributed by atoms with Crippen molar-refractivity contribution in [3.05, 3.63) is 76.5 Å². The molecule has 3 N–H and O–H groups in total. The third-order valence-electron chi connectivity index (χ3n) is 7.38. The molecule has 1 aliphatic heterocycles. The van der Waals surface area contributed by atoms with E-state index in [1.54, 1.807) is 13.8 Å². The lowest BCUT2D eigenvalue weighted by Gasteiger charge is -2.20. The van der Waals surface area contributed by atoms with Gasteiger partial charge in [0, 0.05) is 30.8 Å². The molecular weight excluding hydrogens is 548 g/mol. The van der Waals surface area contributed by atoms with E-state index in [1.165, 1.54) is 10.7 Å². The third-order valence-corrected chi connectivity index (χ3v) is 8.66. The zero-order valence-electron chi connectivity index (χ0n) is 25.4. The van der Waals surface area contributed by atoms with Crippen molar-refractivity contribution in [3.8, 4) is 17.5 Å². The van der Waals surface area contributed by atoms with Crippen molar-refractivity contribution in [2.75, 3.05) is 13.2 Å². The van der Waals surface area contributed by atoms with Gasteiger partial charge in [-0.15, -0.1) is 4.36 Å². The maximum Gasteiger partial charge on any atom is 0.259 e. The van der Waals surface area contributed by atoms with Crippen LogP contribution in [0.4, 0.5) is 0 Å². The van der Waals surface area contributed by atoms with E-state index in [2.05, 4.69) is 61.1 Å². The Balaban J connectivity index is 1.70. The summed E-state index contributed by atoms with van der Waals surface area (Å²) < 4.78 is 24.6. The molecule has 1 aromatic heterocycles. The number of aliphatic hydroxyl groups is 1. The van der Waals surface area contributed by atoms with Gasteiger partial charge in [0.2, 0.25) is 0 Å². The van der Waals surface area contributed by atoms with E-state index in [0.717, 1.165) is 48.3 Å². The van der Waals surface area contributed by atoms with Crippen molar-refractivity contribution in [1.29, 1.82) is 0 Å². The van der Waals surface area contributed by atoms with E-state index >= 15 is 0 Å². The second kappa shape index (κ2) is 12.9. The lowest BCUT2D eigenvalue weighted by atomic mass is 9.85. The van der Waals surface area contributed by atoms with Crippen LogP contribution in [0.15, 0.2) is 57.9 Å². The number of ether oxygens (including phenoxy) is 1. The molecule has 224 valence electrons. The molecule has 2 aromatic carbocycles. The number of carbonyl (C=O) groups excluding carboxylic acids is 1. The van der Waals surface area contributed by atoms with Gasteiger partial charge in [-0.2, -0.15) is 5.10 Å². The fraction of sp³-hybridized carbons (Fsp3) is 0.455. The molecule has 0 saturated carbocycles. The molecule has 0 unspecified atom stereocenters. The molecule has 1 saturated heterocycles. The number of hydrogen-bond acceptors (Lipinski definition) is 5. The molecular formula is C33H42N4O4S. The quantitative estimate of drug-likeness (QED) is 0.348.